The molecule has 4 heteroatoms. The first kappa shape index (κ1) is 16.2. The van der Waals surface area contributed by atoms with Crippen molar-refractivity contribution in [3.8, 4) is 0 Å². The zero-order valence-corrected chi connectivity index (χ0v) is 13.5. The molecule has 0 aliphatic heterocycles. The van der Waals surface area contributed by atoms with Gasteiger partial charge in [0.25, 0.3) is 0 Å². The molecule has 0 spiro atoms. The number of hydrogen-bond acceptors (Lipinski definition) is 2. The summed E-state index contributed by atoms with van der Waals surface area (Å²) in [7, 11) is 0. The number of anilines is 1. The van der Waals surface area contributed by atoms with E-state index in [9.17, 15) is 4.79 Å². The van der Waals surface area contributed by atoms with Gasteiger partial charge in [0.15, 0.2) is 0 Å². The lowest BCUT2D eigenvalue weighted by Gasteiger charge is -2.14. The molecule has 0 heterocycles. The van der Waals surface area contributed by atoms with Crippen molar-refractivity contribution < 1.29 is 4.79 Å². The van der Waals surface area contributed by atoms with Gasteiger partial charge < -0.3 is 10.6 Å². The van der Waals surface area contributed by atoms with Crippen molar-refractivity contribution >= 4 is 27.5 Å². The average molecular weight is 327 g/mol. The predicted molar refractivity (Wildman–Crippen MR) is 84.3 cm³/mol. The maximum Gasteiger partial charge on any atom is 0.238 e. The second-order valence-corrected chi connectivity index (χ2v) is 6.23. The molecular formula is C15H23BrN2O. The van der Waals surface area contributed by atoms with Crippen LogP contribution >= 0.6 is 15.9 Å². The van der Waals surface area contributed by atoms with Gasteiger partial charge in [-0.2, -0.15) is 0 Å². The summed E-state index contributed by atoms with van der Waals surface area (Å²) in [5, 5.41) is 6.12. The fourth-order valence-corrected chi connectivity index (χ4v) is 2.12. The number of benzene rings is 1. The molecular weight excluding hydrogens is 304 g/mol. The van der Waals surface area contributed by atoms with E-state index in [1.807, 2.05) is 24.3 Å². The van der Waals surface area contributed by atoms with Crippen molar-refractivity contribution in [2.75, 3.05) is 11.9 Å². The van der Waals surface area contributed by atoms with Crippen molar-refractivity contribution in [2.45, 2.75) is 39.7 Å². The van der Waals surface area contributed by atoms with E-state index in [4.69, 9.17) is 0 Å². The average Bonchev–Trinajstić information content (AvgIpc) is 2.34. The van der Waals surface area contributed by atoms with E-state index in [0.29, 0.717) is 18.5 Å². The minimum atomic E-state index is -0.00510. The molecule has 0 fully saturated rings. The molecule has 0 aromatic heterocycles. The zero-order chi connectivity index (χ0) is 14.3. The van der Waals surface area contributed by atoms with Crippen molar-refractivity contribution in [3.05, 3.63) is 28.7 Å². The van der Waals surface area contributed by atoms with Gasteiger partial charge in [0.2, 0.25) is 5.91 Å². The molecule has 106 valence electrons. The lowest BCUT2D eigenvalue weighted by atomic mass is 10.0. The molecule has 0 aliphatic carbocycles. The fourth-order valence-electron chi connectivity index (χ4n) is 1.72. The Morgan fingerprint density at radius 3 is 2.63 bits per heavy atom. The Balaban J connectivity index is 2.28. The summed E-state index contributed by atoms with van der Waals surface area (Å²) >= 11 is 3.38. The Hall–Kier alpha value is -0.870. The van der Waals surface area contributed by atoms with E-state index >= 15 is 0 Å². The number of hydrogen-bond donors (Lipinski definition) is 2. The normalized spacial score (nSPS) is 12.5. The van der Waals surface area contributed by atoms with Crippen LogP contribution in [0.1, 0.15) is 33.6 Å². The van der Waals surface area contributed by atoms with Gasteiger partial charge in [-0.05, 0) is 43.9 Å². The maximum atomic E-state index is 11.8. The van der Waals surface area contributed by atoms with Gasteiger partial charge in [-0.1, -0.05) is 35.8 Å². The SMILES string of the molecule is CC(C)CC[C@H](C)NCC(=O)Nc1cccc(Br)c1. The molecule has 0 saturated carbocycles. The lowest BCUT2D eigenvalue weighted by Crippen LogP contribution is -2.34. The summed E-state index contributed by atoms with van der Waals surface area (Å²) in [5.74, 6) is 0.703. The monoisotopic (exact) mass is 326 g/mol. The summed E-state index contributed by atoms with van der Waals surface area (Å²) in [6.45, 7) is 6.90. The molecule has 1 amide bonds. The number of halogens is 1. The predicted octanol–water partition coefficient (Wildman–Crippen LogP) is 3.80. The van der Waals surface area contributed by atoms with E-state index in [1.54, 1.807) is 0 Å². The van der Waals surface area contributed by atoms with Gasteiger partial charge in [-0.15, -0.1) is 0 Å². The molecule has 1 aromatic carbocycles. The Bertz CT molecular complexity index is 407. The fraction of sp³-hybridized carbons (Fsp3) is 0.533. The van der Waals surface area contributed by atoms with Crippen LogP contribution in [-0.4, -0.2) is 18.5 Å². The van der Waals surface area contributed by atoms with Crippen LogP contribution in [0.25, 0.3) is 0 Å². The zero-order valence-electron chi connectivity index (χ0n) is 11.9. The largest absolute Gasteiger partial charge is 0.325 e. The van der Waals surface area contributed by atoms with Crippen molar-refractivity contribution in [3.63, 3.8) is 0 Å². The summed E-state index contributed by atoms with van der Waals surface area (Å²) in [4.78, 5) is 11.8. The van der Waals surface area contributed by atoms with Gasteiger partial charge in [0, 0.05) is 16.2 Å². The summed E-state index contributed by atoms with van der Waals surface area (Å²) in [6.07, 6.45) is 2.28. The second kappa shape index (κ2) is 8.33. The first-order valence-corrected chi connectivity index (χ1v) is 7.55. The van der Waals surface area contributed by atoms with Crippen LogP contribution in [0.2, 0.25) is 0 Å². The third-order valence-electron chi connectivity index (χ3n) is 2.90. The van der Waals surface area contributed by atoms with Gasteiger partial charge in [-0.3, -0.25) is 4.79 Å². The van der Waals surface area contributed by atoms with Crippen LogP contribution in [0, 0.1) is 5.92 Å². The summed E-state index contributed by atoms with van der Waals surface area (Å²) in [6, 6.07) is 7.97. The van der Waals surface area contributed by atoms with Gasteiger partial charge >= 0.3 is 0 Å². The smallest absolute Gasteiger partial charge is 0.238 e. The number of carbonyl (C=O) groups is 1. The highest BCUT2D eigenvalue weighted by Gasteiger charge is 2.07. The van der Waals surface area contributed by atoms with E-state index in [1.165, 1.54) is 6.42 Å². The molecule has 0 aliphatic rings. The molecule has 0 unspecified atom stereocenters. The maximum absolute atomic E-state index is 11.8. The molecule has 0 radical (unpaired) electrons. The van der Waals surface area contributed by atoms with Gasteiger partial charge in [-0.25, -0.2) is 0 Å². The number of amides is 1. The first-order chi connectivity index (χ1) is 8.97. The Labute approximate surface area is 124 Å². The van der Waals surface area contributed by atoms with Crippen molar-refractivity contribution in [2.24, 2.45) is 5.92 Å². The third-order valence-corrected chi connectivity index (χ3v) is 3.39. The minimum absolute atomic E-state index is 0.00510. The molecule has 1 rings (SSSR count). The van der Waals surface area contributed by atoms with Crippen LogP contribution in [0.5, 0.6) is 0 Å². The van der Waals surface area contributed by atoms with Gasteiger partial charge in [0.1, 0.15) is 0 Å². The molecule has 3 nitrogen and oxygen atoms in total. The highest BCUT2D eigenvalue weighted by atomic mass is 79.9. The van der Waals surface area contributed by atoms with Crippen molar-refractivity contribution in [1.82, 2.24) is 5.32 Å². The summed E-state index contributed by atoms with van der Waals surface area (Å²) < 4.78 is 0.962. The van der Waals surface area contributed by atoms with Crippen LogP contribution in [0.4, 0.5) is 5.69 Å². The summed E-state index contributed by atoms with van der Waals surface area (Å²) in [5.41, 5.74) is 0.816. The Kier molecular flexibility index (Phi) is 7.10. The van der Waals surface area contributed by atoms with E-state index in [0.717, 1.165) is 16.6 Å². The van der Waals surface area contributed by atoms with Crippen LogP contribution in [-0.2, 0) is 4.79 Å². The quantitative estimate of drug-likeness (QED) is 0.800. The highest BCUT2D eigenvalue weighted by Crippen LogP contribution is 2.15. The van der Waals surface area contributed by atoms with E-state index < -0.39 is 0 Å². The van der Waals surface area contributed by atoms with E-state index in [2.05, 4.69) is 47.3 Å². The second-order valence-electron chi connectivity index (χ2n) is 5.31. The minimum Gasteiger partial charge on any atom is -0.325 e. The van der Waals surface area contributed by atoms with E-state index in [-0.39, 0.29) is 5.91 Å². The highest BCUT2D eigenvalue weighted by molar-refractivity contribution is 9.10. The van der Waals surface area contributed by atoms with Crippen LogP contribution in [0.3, 0.4) is 0 Å². The molecule has 19 heavy (non-hydrogen) atoms. The Morgan fingerprint density at radius 2 is 2.00 bits per heavy atom. The number of rotatable bonds is 7. The lowest BCUT2D eigenvalue weighted by molar-refractivity contribution is -0.115. The first-order valence-electron chi connectivity index (χ1n) is 6.76. The van der Waals surface area contributed by atoms with Gasteiger partial charge in [0.05, 0.1) is 6.54 Å². The number of carbonyl (C=O) groups excluding carboxylic acids is 1. The molecule has 2 N–H and O–H groups in total. The topological polar surface area (TPSA) is 41.1 Å². The molecule has 0 bridgehead atoms. The standard InChI is InChI=1S/C15H23BrN2O/c1-11(2)7-8-12(3)17-10-15(19)18-14-6-4-5-13(16)9-14/h4-6,9,11-12,17H,7-8,10H2,1-3H3,(H,18,19)/t12-/m0/s1. The Morgan fingerprint density at radius 1 is 1.26 bits per heavy atom. The molecule has 1 atom stereocenters. The van der Waals surface area contributed by atoms with Crippen LogP contribution < -0.4 is 10.6 Å². The third kappa shape index (κ3) is 7.33. The molecule has 0 saturated heterocycles. The van der Waals surface area contributed by atoms with Crippen LogP contribution in [0.15, 0.2) is 28.7 Å². The number of nitrogens with one attached hydrogen (secondary N) is 2. The van der Waals surface area contributed by atoms with Crippen molar-refractivity contribution in [1.29, 1.82) is 0 Å². The molecule has 1 aromatic rings.